The minimum Gasteiger partial charge on any atom is -0.490 e. The largest absolute Gasteiger partial charge is 0.490 e. The number of carbonyl (C=O) groups is 1. The van der Waals surface area contributed by atoms with Gasteiger partial charge in [0.2, 0.25) is 0 Å². The molecule has 1 aromatic heterocycles. The van der Waals surface area contributed by atoms with Crippen LogP contribution >= 0.6 is 0 Å². The number of hydrogen-bond donors (Lipinski definition) is 1. The van der Waals surface area contributed by atoms with Crippen molar-refractivity contribution < 1.29 is 19.4 Å². The monoisotopic (exact) mass is 360 g/mol. The maximum atomic E-state index is 12.1. The first kappa shape index (κ1) is 20.1. The number of carbonyl (C=O) groups excluding carboxylic acids is 1. The van der Waals surface area contributed by atoms with E-state index < -0.39 is 11.7 Å². The van der Waals surface area contributed by atoms with Crippen molar-refractivity contribution >= 4 is 6.09 Å². The molecule has 1 amide bonds. The van der Waals surface area contributed by atoms with Crippen molar-refractivity contribution in [2.75, 3.05) is 13.2 Å². The minimum atomic E-state index is -0.610. The first-order valence-electron chi connectivity index (χ1n) is 8.99. The molecule has 6 nitrogen and oxygen atoms in total. The van der Waals surface area contributed by atoms with Crippen LogP contribution in [0.2, 0.25) is 0 Å². The Morgan fingerprint density at radius 3 is 2.88 bits per heavy atom. The average Bonchev–Trinajstić information content (AvgIpc) is 2.52. The average molecular weight is 360 g/mol. The lowest BCUT2D eigenvalue weighted by molar-refractivity contribution is -0.0141. The molecule has 2 atom stereocenters. The number of hydrogen-bond acceptors (Lipinski definition) is 5. The molecule has 1 aromatic rings. The Morgan fingerprint density at radius 2 is 2.27 bits per heavy atom. The minimum absolute atomic E-state index is 0.00550. The van der Waals surface area contributed by atoms with E-state index in [1.807, 2.05) is 20.8 Å². The zero-order chi connectivity index (χ0) is 19.2. The van der Waals surface area contributed by atoms with E-state index in [2.05, 4.69) is 10.9 Å². The highest BCUT2D eigenvalue weighted by Gasteiger charge is 2.35. The van der Waals surface area contributed by atoms with Gasteiger partial charge in [0.25, 0.3) is 0 Å². The van der Waals surface area contributed by atoms with Crippen LogP contribution in [0.4, 0.5) is 4.79 Å². The molecule has 0 spiro atoms. The lowest BCUT2D eigenvalue weighted by Gasteiger charge is -2.41. The predicted octanol–water partition coefficient (Wildman–Crippen LogP) is 3.31. The van der Waals surface area contributed by atoms with Crippen LogP contribution < -0.4 is 4.74 Å². The van der Waals surface area contributed by atoms with Crippen LogP contribution in [0.25, 0.3) is 0 Å². The Kier molecular flexibility index (Phi) is 6.87. The molecule has 142 valence electrons. The van der Waals surface area contributed by atoms with Crippen LogP contribution in [0.3, 0.4) is 0 Å². The van der Waals surface area contributed by atoms with Crippen molar-refractivity contribution in [3.63, 3.8) is 0 Å². The predicted molar refractivity (Wildman–Crippen MR) is 98.7 cm³/mol. The number of ether oxygens (including phenoxy) is 2. The lowest BCUT2D eigenvalue weighted by atomic mass is 10.0. The van der Waals surface area contributed by atoms with Gasteiger partial charge in [0.1, 0.15) is 18.0 Å². The molecule has 1 aliphatic rings. The first-order valence-corrected chi connectivity index (χ1v) is 8.99. The van der Waals surface area contributed by atoms with E-state index in [1.54, 1.807) is 23.4 Å². The molecule has 2 rings (SSSR count). The number of pyridine rings is 1. The molecule has 0 radical (unpaired) electrons. The summed E-state index contributed by atoms with van der Waals surface area (Å²) in [4.78, 5) is 17.9. The van der Waals surface area contributed by atoms with Crippen molar-refractivity contribution in [1.29, 1.82) is 0 Å². The van der Waals surface area contributed by atoms with Crippen LogP contribution in [0, 0.1) is 12.3 Å². The number of amides is 1. The Bertz CT molecular complexity index is 648. The third-order valence-electron chi connectivity index (χ3n) is 4.13. The summed E-state index contributed by atoms with van der Waals surface area (Å²) in [6.45, 7) is 6.60. The number of rotatable bonds is 7. The fourth-order valence-electron chi connectivity index (χ4n) is 2.63. The summed E-state index contributed by atoms with van der Waals surface area (Å²) in [7, 11) is 0. The third kappa shape index (κ3) is 5.92. The SMILES string of the molecule is C#CCCCC(O)c1cncc(OCC2CCN2C(=O)OC(C)(C)C)c1. The normalized spacial score (nSPS) is 17.8. The molecular weight excluding hydrogens is 332 g/mol. The summed E-state index contributed by atoms with van der Waals surface area (Å²) in [6.07, 6.45) is 10.4. The Balaban J connectivity index is 1.85. The number of unbranched alkanes of at least 4 members (excludes halogenated alkanes) is 1. The van der Waals surface area contributed by atoms with Crippen molar-refractivity contribution in [3.8, 4) is 18.1 Å². The fraction of sp³-hybridized carbons (Fsp3) is 0.600. The molecule has 0 aromatic carbocycles. The maximum absolute atomic E-state index is 12.1. The second-order valence-electron chi connectivity index (χ2n) is 7.49. The number of nitrogens with zero attached hydrogens (tertiary/aromatic N) is 2. The van der Waals surface area contributed by atoms with E-state index in [0.717, 1.165) is 12.8 Å². The molecule has 26 heavy (non-hydrogen) atoms. The van der Waals surface area contributed by atoms with Gasteiger partial charge in [-0.05, 0) is 46.1 Å². The number of terminal acetylenes is 1. The molecule has 0 aliphatic carbocycles. The van der Waals surface area contributed by atoms with E-state index in [1.165, 1.54) is 0 Å². The molecule has 1 N–H and O–H groups in total. The Labute approximate surface area is 155 Å². The standard InChI is InChI=1S/C20H28N2O4/c1-5-6-7-8-18(23)15-11-17(13-21-12-15)25-14-16-9-10-22(16)19(24)26-20(2,3)4/h1,11-13,16,18,23H,6-10,14H2,2-4H3. The van der Waals surface area contributed by atoms with E-state index >= 15 is 0 Å². The molecule has 2 unspecified atom stereocenters. The van der Waals surface area contributed by atoms with E-state index in [0.29, 0.717) is 37.3 Å². The van der Waals surface area contributed by atoms with Gasteiger partial charge < -0.3 is 19.5 Å². The molecule has 0 bridgehead atoms. The topological polar surface area (TPSA) is 71.9 Å². The van der Waals surface area contributed by atoms with Crippen LogP contribution in [-0.4, -0.2) is 45.9 Å². The van der Waals surface area contributed by atoms with Crippen molar-refractivity contribution in [1.82, 2.24) is 9.88 Å². The van der Waals surface area contributed by atoms with E-state index in [4.69, 9.17) is 15.9 Å². The second kappa shape index (κ2) is 8.91. The molecular formula is C20H28N2O4. The van der Waals surface area contributed by atoms with Gasteiger partial charge in [-0.15, -0.1) is 12.3 Å². The van der Waals surface area contributed by atoms with Crippen LogP contribution in [0.15, 0.2) is 18.5 Å². The number of aliphatic hydroxyl groups excluding tert-OH is 1. The molecule has 1 saturated heterocycles. The number of aromatic nitrogens is 1. The Morgan fingerprint density at radius 1 is 1.50 bits per heavy atom. The van der Waals surface area contributed by atoms with Crippen molar-refractivity contribution in [2.45, 2.75) is 64.2 Å². The highest BCUT2D eigenvalue weighted by molar-refractivity contribution is 5.69. The number of likely N-dealkylation sites (tertiary alicyclic amines) is 1. The number of aliphatic hydroxyl groups is 1. The summed E-state index contributed by atoms with van der Waals surface area (Å²) in [6, 6.07) is 1.78. The van der Waals surface area contributed by atoms with Crippen molar-refractivity contribution in [2.24, 2.45) is 0 Å². The van der Waals surface area contributed by atoms with Gasteiger partial charge in [-0.1, -0.05) is 0 Å². The second-order valence-corrected chi connectivity index (χ2v) is 7.49. The van der Waals surface area contributed by atoms with Gasteiger partial charge in [0.05, 0.1) is 18.3 Å². The van der Waals surface area contributed by atoms with Gasteiger partial charge in [0, 0.05) is 24.7 Å². The smallest absolute Gasteiger partial charge is 0.410 e. The zero-order valence-corrected chi connectivity index (χ0v) is 15.8. The summed E-state index contributed by atoms with van der Waals surface area (Å²) >= 11 is 0. The molecule has 6 heteroatoms. The van der Waals surface area contributed by atoms with E-state index in [-0.39, 0.29) is 12.1 Å². The molecule has 0 saturated carbocycles. The molecule has 1 aliphatic heterocycles. The summed E-state index contributed by atoms with van der Waals surface area (Å²) in [5.74, 6) is 3.14. The highest BCUT2D eigenvalue weighted by Crippen LogP contribution is 2.25. The Hall–Kier alpha value is -2.26. The summed E-state index contributed by atoms with van der Waals surface area (Å²) < 4.78 is 11.2. The molecule has 2 heterocycles. The van der Waals surface area contributed by atoms with Crippen LogP contribution in [-0.2, 0) is 4.74 Å². The van der Waals surface area contributed by atoms with Gasteiger partial charge in [-0.25, -0.2) is 4.79 Å². The quantitative estimate of drug-likeness (QED) is 0.597. The fourth-order valence-corrected chi connectivity index (χ4v) is 2.63. The van der Waals surface area contributed by atoms with Gasteiger partial charge >= 0.3 is 6.09 Å². The third-order valence-corrected chi connectivity index (χ3v) is 4.13. The zero-order valence-electron chi connectivity index (χ0n) is 15.8. The van der Waals surface area contributed by atoms with Crippen LogP contribution in [0.1, 0.15) is 58.1 Å². The van der Waals surface area contributed by atoms with Crippen molar-refractivity contribution in [3.05, 3.63) is 24.0 Å². The van der Waals surface area contributed by atoms with E-state index in [9.17, 15) is 9.90 Å². The summed E-state index contributed by atoms with van der Waals surface area (Å²) in [5.41, 5.74) is 0.198. The summed E-state index contributed by atoms with van der Waals surface area (Å²) in [5, 5.41) is 10.2. The van der Waals surface area contributed by atoms with Gasteiger partial charge in [-0.2, -0.15) is 0 Å². The van der Waals surface area contributed by atoms with Crippen LogP contribution in [0.5, 0.6) is 5.75 Å². The highest BCUT2D eigenvalue weighted by atomic mass is 16.6. The molecule has 1 fully saturated rings. The van der Waals surface area contributed by atoms with Gasteiger partial charge in [-0.3, -0.25) is 4.98 Å². The first-order chi connectivity index (χ1) is 12.3. The maximum Gasteiger partial charge on any atom is 0.410 e. The van der Waals surface area contributed by atoms with Gasteiger partial charge in [0.15, 0.2) is 0 Å². The lowest BCUT2D eigenvalue weighted by Crippen LogP contribution is -2.55.